The summed E-state index contributed by atoms with van der Waals surface area (Å²) in [5, 5.41) is 2.70. The molecule has 1 N–H and O–H groups in total. The van der Waals surface area contributed by atoms with Gasteiger partial charge in [0.25, 0.3) is 0 Å². The molecule has 2 aromatic rings. The second-order valence-electron chi connectivity index (χ2n) is 4.69. The van der Waals surface area contributed by atoms with Crippen molar-refractivity contribution in [2.24, 2.45) is 0 Å². The summed E-state index contributed by atoms with van der Waals surface area (Å²) < 4.78 is 15.8. The van der Waals surface area contributed by atoms with Crippen molar-refractivity contribution in [2.45, 2.75) is 13.5 Å². The third-order valence-corrected chi connectivity index (χ3v) is 3.17. The van der Waals surface area contributed by atoms with Gasteiger partial charge < -0.3 is 19.5 Å². The number of carbonyl (C=O) groups excluding carboxylic acids is 1. The Morgan fingerprint density at radius 1 is 1.05 bits per heavy atom. The third kappa shape index (κ3) is 3.91. The number of para-hydroxylation sites is 1. The van der Waals surface area contributed by atoms with E-state index in [0.717, 1.165) is 16.9 Å². The Balaban J connectivity index is 2.03. The Morgan fingerprint density at radius 3 is 2.36 bits per heavy atom. The zero-order valence-electron chi connectivity index (χ0n) is 12.9. The van der Waals surface area contributed by atoms with E-state index in [1.165, 1.54) is 0 Å². The van der Waals surface area contributed by atoms with Crippen LogP contribution in [-0.2, 0) is 6.54 Å². The quantitative estimate of drug-likeness (QED) is 0.920. The first-order valence-corrected chi connectivity index (χ1v) is 6.86. The molecule has 2 rings (SSSR count). The van der Waals surface area contributed by atoms with Crippen LogP contribution in [0, 0.1) is 6.92 Å². The van der Waals surface area contributed by atoms with Gasteiger partial charge in [-0.25, -0.2) is 4.79 Å². The van der Waals surface area contributed by atoms with Crippen LogP contribution in [0.5, 0.6) is 17.2 Å². The number of rotatable bonds is 5. The molecule has 0 fully saturated rings. The fraction of sp³-hybridized carbons (Fsp3) is 0.235. The van der Waals surface area contributed by atoms with E-state index < -0.39 is 6.09 Å². The predicted molar refractivity (Wildman–Crippen MR) is 83.6 cm³/mol. The highest BCUT2D eigenvalue weighted by molar-refractivity contribution is 5.70. The van der Waals surface area contributed by atoms with Crippen molar-refractivity contribution in [3.63, 3.8) is 0 Å². The molecule has 22 heavy (non-hydrogen) atoms. The maximum absolute atomic E-state index is 11.8. The van der Waals surface area contributed by atoms with Crippen LogP contribution in [0.25, 0.3) is 0 Å². The summed E-state index contributed by atoms with van der Waals surface area (Å²) in [6.45, 7) is 2.22. The fourth-order valence-electron chi connectivity index (χ4n) is 2.05. The van der Waals surface area contributed by atoms with Crippen molar-refractivity contribution in [2.75, 3.05) is 14.2 Å². The Bertz CT molecular complexity index is 641. The van der Waals surface area contributed by atoms with E-state index in [4.69, 9.17) is 14.2 Å². The van der Waals surface area contributed by atoms with Gasteiger partial charge in [-0.05, 0) is 36.8 Å². The number of hydrogen-bond donors (Lipinski definition) is 1. The molecule has 5 nitrogen and oxygen atoms in total. The molecule has 5 heteroatoms. The summed E-state index contributed by atoms with van der Waals surface area (Å²) in [6.07, 6.45) is -0.521. The van der Waals surface area contributed by atoms with Crippen molar-refractivity contribution < 1.29 is 19.0 Å². The van der Waals surface area contributed by atoms with Crippen LogP contribution in [0.15, 0.2) is 42.5 Å². The lowest BCUT2D eigenvalue weighted by atomic mass is 10.1. The highest BCUT2D eigenvalue weighted by Gasteiger charge is 2.11. The number of ether oxygens (including phenoxy) is 3. The van der Waals surface area contributed by atoms with Gasteiger partial charge in [0, 0.05) is 12.1 Å². The van der Waals surface area contributed by atoms with E-state index in [9.17, 15) is 4.79 Å². The minimum absolute atomic E-state index is 0.283. The summed E-state index contributed by atoms with van der Waals surface area (Å²) >= 11 is 0. The van der Waals surface area contributed by atoms with Crippen LogP contribution >= 0.6 is 0 Å². The van der Waals surface area contributed by atoms with E-state index in [0.29, 0.717) is 11.5 Å². The molecule has 0 unspecified atom stereocenters. The zero-order chi connectivity index (χ0) is 15.9. The lowest BCUT2D eigenvalue weighted by molar-refractivity contribution is 0.200. The fourth-order valence-corrected chi connectivity index (χ4v) is 2.05. The Hall–Kier alpha value is -2.69. The number of amides is 1. The number of carbonyl (C=O) groups is 1. The number of nitrogens with one attached hydrogen (secondary N) is 1. The van der Waals surface area contributed by atoms with E-state index in [1.54, 1.807) is 38.5 Å². The Kier molecular flexibility index (Phi) is 5.25. The first kappa shape index (κ1) is 15.7. The lowest BCUT2D eigenvalue weighted by Gasteiger charge is -2.13. The average molecular weight is 301 g/mol. The normalized spacial score (nSPS) is 9.95. The van der Waals surface area contributed by atoms with E-state index in [1.807, 2.05) is 25.1 Å². The molecule has 0 aliphatic carbocycles. The first-order chi connectivity index (χ1) is 10.6. The van der Waals surface area contributed by atoms with Gasteiger partial charge in [-0.2, -0.15) is 0 Å². The molecular weight excluding hydrogens is 282 g/mol. The maximum atomic E-state index is 11.8. The van der Waals surface area contributed by atoms with Crippen molar-refractivity contribution in [3.8, 4) is 17.2 Å². The monoisotopic (exact) mass is 301 g/mol. The second kappa shape index (κ2) is 7.36. The number of aryl methyl sites for hydroxylation is 1. The average Bonchev–Trinajstić information content (AvgIpc) is 2.54. The summed E-state index contributed by atoms with van der Waals surface area (Å²) in [6, 6.07) is 12.6. The molecule has 0 bridgehead atoms. The van der Waals surface area contributed by atoms with Crippen LogP contribution in [0.3, 0.4) is 0 Å². The van der Waals surface area contributed by atoms with E-state index in [2.05, 4.69) is 5.32 Å². The standard InChI is InChI=1S/C17H19NO4/c1-12-9-16(21-3)13(10-15(12)20-2)11-18-17(19)22-14-7-5-4-6-8-14/h4-10H,11H2,1-3H3,(H,18,19). The first-order valence-electron chi connectivity index (χ1n) is 6.86. The molecular formula is C17H19NO4. The molecule has 0 heterocycles. The van der Waals surface area contributed by atoms with Gasteiger partial charge >= 0.3 is 6.09 Å². The van der Waals surface area contributed by atoms with Crippen LogP contribution in [0.4, 0.5) is 4.79 Å². The number of hydrogen-bond acceptors (Lipinski definition) is 4. The molecule has 1 amide bonds. The van der Waals surface area contributed by atoms with Crippen molar-refractivity contribution in [1.29, 1.82) is 0 Å². The molecule has 0 radical (unpaired) electrons. The molecule has 0 saturated heterocycles. The SMILES string of the molecule is COc1cc(CNC(=O)Oc2ccccc2)c(OC)cc1C. The van der Waals surface area contributed by atoms with Crippen molar-refractivity contribution in [3.05, 3.63) is 53.6 Å². The summed E-state index contributed by atoms with van der Waals surface area (Å²) in [7, 11) is 3.20. The molecule has 0 aliphatic heterocycles. The molecule has 0 saturated carbocycles. The summed E-state index contributed by atoms with van der Waals surface area (Å²) in [4.78, 5) is 11.8. The molecule has 116 valence electrons. The van der Waals surface area contributed by atoms with Gasteiger partial charge in [0.2, 0.25) is 0 Å². The van der Waals surface area contributed by atoms with Gasteiger partial charge in [0.1, 0.15) is 17.2 Å². The van der Waals surface area contributed by atoms with E-state index >= 15 is 0 Å². The largest absolute Gasteiger partial charge is 0.496 e. The highest BCUT2D eigenvalue weighted by atomic mass is 16.6. The minimum Gasteiger partial charge on any atom is -0.496 e. The van der Waals surface area contributed by atoms with Gasteiger partial charge in [0.05, 0.1) is 14.2 Å². The zero-order valence-corrected chi connectivity index (χ0v) is 12.9. The molecule has 2 aromatic carbocycles. The van der Waals surface area contributed by atoms with Crippen LogP contribution in [-0.4, -0.2) is 20.3 Å². The third-order valence-electron chi connectivity index (χ3n) is 3.17. The smallest absolute Gasteiger partial charge is 0.412 e. The highest BCUT2D eigenvalue weighted by Crippen LogP contribution is 2.28. The molecule has 0 spiro atoms. The lowest BCUT2D eigenvalue weighted by Crippen LogP contribution is -2.26. The number of benzene rings is 2. The summed E-state index contributed by atoms with van der Waals surface area (Å²) in [5.74, 6) is 1.93. The van der Waals surface area contributed by atoms with Gasteiger partial charge in [-0.3, -0.25) is 0 Å². The molecule has 0 aromatic heterocycles. The predicted octanol–water partition coefficient (Wildman–Crippen LogP) is 3.30. The topological polar surface area (TPSA) is 56.8 Å². The second-order valence-corrected chi connectivity index (χ2v) is 4.69. The molecule has 0 aliphatic rings. The minimum atomic E-state index is -0.521. The Labute approximate surface area is 129 Å². The Morgan fingerprint density at radius 2 is 1.73 bits per heavy atom. The van der Waals surface area contributed by atoms with Gasteiger partial charge in [-0.1, -0.05) is 18.2 Å². The molecule has 0 atom stereocenters. The maximum Gasteiger partial charge on any atom is 0.412 e. The van der Waals surface area contributed by atoms with Gasteiger partial charge in [-0.15, -0.1) is 0 Å². The van der Waals surface area contributed by atoms with Gasteiger partial charge in [0.15, 0.2) is 0 Å². The van der Waals surface area contributed by atoms with Crippen LogP contribution < -0.4 is 19.5 Å². The van der Waals surface area contributed by atoms with Crippen molar-refractivity contribution >= 4 is 6.09 Å². The van der Waals surface area contributed by atoms with Crippen LogP contribution in [0.1, 0.15) is 11.1 Å². The number of methoxy groups -OCH3 is 2. The van der Waals surface area contributed by atoms with E-state index in [-0.39, 0.29) is 6.54 Å². The summed E-state index contributed by atoms with van der Waals surface area (Å²) in [5.41, 5.74) is 1.78. The van der Waals surface area contributed by atoms with Crippen molar-refractivity contribution in [1.82, 2.24) is 5.32 Å². The van der Waals surface area contributed by atoms with Crippen LogP contribution in [0.2, 0.25) is 0 Å².